The van der Waals surface area contributed by atoms with E-state index in [9.17, 15) is 13.6 Å². The summed E-state index contributed by atoms with van der Waals surface area (Å²) in [5.41, 5.74) is 0.772. The quantitative estimate of drug-likeness (QED) is 0.920. The Hall–Kier alpha value is -2.30. The summed E-state index contributed by atoms with van der Waals surface area (Å²) in [5.74, 6) is -1.62. The van der Waals surface area contributed by atoms with E-state index >= 15 is 0 Å². The van der Waals surface area contributed by atoms with Crippen LogP contribution in [0.1, 0.15) is 12.0 Å². The van der Waals surface area contributed by atoms with Crippen LogP contribution in [0.25, 0.3) is 0 Å². The highest BCUT2D eigenvalue weighted by molar-refractivity contribution is 5.90. The lowest BCUT2D eigenvalue weighted by Crippen LogP contribution is -2.13. The Morgan fingerprint density at radius 1 is 1.26 bits per heavy atom. The topological polar surface area (TPSA) is 42.0 Å². The Morgan fingerprint density at radius 2 is 2.11 bits per heavy atom. The number of halogens is 2. The highest BCUT2D eigenvalue weighted by Gasteiger charge is 2.08. The molecule has 5 heteroatoms. The molecule has 0 spiro atoms. The van der Waals surface area contributed by atoms with Gasteiger partial charge in [0.2, 0.25) is 5.91 Å². The second kappa shape index (κ2) is 6.04. The lowest BCUT2D eigenvalue weighted by Gasteiger charge is -2.06. The molecule has 1 heterocycles. The van der Waals surface area contributed by atoms with Crippen LogP contribution in [0.3, 0.4) is 0 Å². The summed E-state index contributed by atoms with van der Waals surface area (Å²) in [6, 6.07) is 6.56. The maximum absolute atomic E-state index is 13.3. The summed E-state index contributed by atoms with van der Waals surface area (Å²) in [5, 5.41) is 2.35. The molecule has 0 aliphatic carbocycles. The van der Waals surface area contributed by atoms with Crippen molar-refractivity contribution in [3.8, 4) is 0 Å². The minimum absolute atomic E-state index is 0.142. The molecule has 2 rings (SSSR count). The molecule has 2 aromatic rings. The fraction of sp³-hybridized carbons (Fsp3) is 0.143. The highest BCUT2D eigenvalue weighted by atomic mass is 19.1. The monoisotopic (exact) mass is 262 g/mol. The van der Waals surface area contributed by atoms with Gasteiger partial charge in [-0.1, -0.05) is 6.07 Å². The predicted octanol–water partition coefficient (Wildman–Crippen LogP) is 2.93. The van der Waals surface area contributed by atoms with E-state index < -0.39 is 11.6 Å². The second-order valence-corrected chi connectivity index (χ2v) is 4.03. The molecule has 0 atom stereocenters. The summed E-state index contributed by atoms with van der Waals surface area (Å²) in [4.78, 5) is 15.6. The average Bonchev–Trinajstić information content (AvgIpc) is 2.42. The normalized spacial score (nSPS) is 10.2. The maximum atomic E-state index is 13.3. The van der Waals surface area contributed by atoms with E-state index in [0.29, 0.717) is 6.42 Å². The number of nitrogens with one attached hydrogen (secondary N) is 1. The van der Waals surface area contributed by atoms with Gasteiger partial charge in [0.25, 0.3) is 0 Å². The summed E-state index contributed by atoms with van der Waals surface area (Å²) < 4.78 is 26.2. The molecule has 0 unspecified atom stereocenters. The third-order valence-corrected chi connectivity index (χ3v) is 2.57. The molecule has 3 nitrogen and oxygen atoms in total. The van der Waals surface area contributed by atoms with E-state index in [4.69, 9.17) is 0 Å². The molecule has 19 heavy (non-hydrogen) atoms. The van der Waals surface area contributed by atoms with Crippen molar-refractivity contribution in [1.82, 2.24) is 4.98 Å². The standard InChI is InChI=1S/C14H12F2N2O/c15-11-4-5-12(16)13(8-11)18-14(19)6-3-10-2-1-7-17-9-10/h1-2,4-5,7-9H,3,6H2,(H,18,19). The van der Waals surface area contributed by atoms with Crippen molar-refractivity contribution in [2.45, 2.75) is 12.8 Å². The highest BCUT2D eigenvalue weighted by Crippen LogP contribution is 2.15. The Kier molecular flexibility index (Phi) is 4.18. The predicted molar refractivity (Wildman–Crippen MR) is 67.5 cm³/mol. The molecule has 1 aromatic heterocycles. The first kappa shape index (κ1) is 13.1. The second-order valence-electron chi connectivity index (χ2n) is 4.03. The van der Waals surface area contributed by atoms with Crippen molar-refractivity contribution in [2.24, 2.45) is 0 Å². The van der Waals surface area contributed by atoms with E-state index in [1.54, 1.807) is 18.5 Å². The average molecular weight is 262 g/mol. The number of carbonyl (C=O) groups excluding carboxylic acids is 1. The van der Waals surface area contributed by atoms with Crippen molar-refractivity contribution in [1.29, 1.82) is 0 Å². The number of anilines is 1. The third-order valence-electron chi connectivity index (χ3n) is 2.57. The molecular weight excluding hydrogens is 250 g/mol. The lowest BCUT2D eigenvalue weighted by molar-refractivity contribution is -0.116. The van der Waals surface area contributed by atoms with Gasteiger partial charge in [-0.05, 0) is 30.2 Å². The molecule has 98 valence electrons. The Balaban J connectivity index is 1.93. The van der Waals surface area contributed by atoms with Gasteiger partial charge in [-0.25, -0.2) is 8.78 Å². The number of rotatable bonds is 4. The number of aryl methyl sites for hydroxylation is 1. The van der Waals surface area contributed by atoms with Gasteiger partial charge in [0, 0.05) is 24.9 Å². The Labute approximate surface area is 109 Å². The largest absolute Gasteiger partial charge is 0.324 e. The van der Waals surface area contributed by atoms with Crippen molar-refractivity contribution >= 4 is 11.6 Å². The molecule has 0 radical (unpaired) electrons. The number of nitrogens with zero attached hydrogens (tertiary/aromatic N) is 1. The van der Waals surface area contributed by atoms with Crippen LogP contribution in [0.5, 0.6) is 0 Å². The van der Waals surface area contributed by atoms with Crippen LogP contribution < -0.4 is 5.32 Å². The summed E-state index contributed by atoms with van der Waals surface area (Å²) in [6.07, 6.45) is 3.99. The lowest BCUT2D eigenvalue weighted by atomic mass is 10.1. The number of amides is 1. The molecular formula is C14H12F2N2O. The number of aromatic nitrogens is 1. The van der Waals surface area contributed by atoms with Gasteiger partial charge in [-0.2, -0.15) is 0 Å². The van der Waals surface area contributed by atoms with Crippen molar-refractivity contribution in [3.05, 3.63) is 59.9 Å². The number of carbonyl (C=O) groups is 1. The summed E-state index contributed by atoms with van der Waals surface area (Å²) in [6.45, 7) is 0. The van der Waals surface area contributed by atoms with Gasteiger partial charge in [-0.3, -0.25) is 9.78 Å². The smallest absolute Gasteiger partial charge is 0.224 e. The fourth-order valence-corrected chi connectivity index (χ4v) is 1.61. The van der Waals surface area contributed by atoms with Gasteiger partial charge in [-0.15, -0.1) is 0 Å². The summed E-state index contributed by atoms with van der Waals surface area (Å²) in [7, 11) is 0. The van der Waals surface area contributed by atoms with Crippen LogP contribution in [0.15, 0.2) is 42.7 Å². The van der Waals surface area contributed by atoms with E-state index in [-0.39, 0.29) is 18.0 Å². The van der Waals surface area contributed by atoms with Crippen molar-refractivity contribution in [2.75, 3.05) is 5.32 Å². The number of benzene rings is 1. The number of hydrogen-bond acceptors (Lipinski definition) is 2. The molecule has 0 aliphatic rings. The fourth-order valence-electron chi connectivity index (χ4n) is 1.61. The molecule has 1 aromatic carbocycles. The summed E-state index contributed by atoms with van der Waals surface area (Å²) >= 11 is 0. The van der Waals surface area contributed by atoms with Crippen LogP contribution in [0, 0.1) is 11.6 Å². The zero-order chi connectivity index (χ0) is 13.7. The molecule has 1 amide bonds. The van der Waals surface area contributed by atoms with Crippen molar-refractivity contribution in [3.63, 3.8) is 0 Å². The minimum Gasteiger partial charge on any atom is -0.324 e. The number of pyridine rings is 1. The van der Waals surface area contributed by atoms with Gasteiger partial charge in [0.1, 0.15) is 11.6 Å². The van der Waals surface area contributed by atoms with Crippen LogP contribution in [-0.4, -0.2) is 10.9 Å². The van der Waals surface area contributed by atoms with E-state index in [1.807, 2.05) is 6.07 Å². The van der Waals surface area contributed by atoms with Gasteiger partial charge in [0.05, 0.1) is 5.69 Å². The van der Waals surface area contributed by atoms with E-state index in [1.165, 1.54) is 0 Å². The van der Waals surface area contributed by atoms with Crippen LogP contribution in [0.4, 0.5) is 14.5 Å². The molecule has 0 saturated carbocycles. The van der Waals surface area contributed by atoms with Crippen LogP contribution in [0.2, 0.25) is 0 Å². The molecule has 0 fully saturated rings. The molecule has 0 bridgehead atoms. The molecule has 1 N–H and O–H groups in total. The molecule has 0 aliphatic heterocycles. The van der Waals surface area contributed by atoms with Gasteiger partial charge in [0.15, 0.2) is 0 Å². The first-order chi connectivity index (χ1) is 9.15. The van der Waals surface area contributed by atoms with E-state index in [2.05, 4.69) is 10.3 Å². The SMILES string of the molecule is O=C(CCc1cccnc1)Nc1cc(F)ccc1F. The zero-order valence-corrected chi connectivity index (χ0v) is 10.1. The zero-order valence-electron chi connectivity index (χ0n) is 10.1. The Bertz CT molecular complexity index is 573. The van der Waals surface area contributed by atoms with Crippen LogP contribution >= 0.6 is 0 Å². The minimum atomic E-state index is -0.656. The molecule has 0 saturated heterocycles. The van der Waals surface area contributed by atoms with E-state index in [0.717, 1.165) is 23.8 Å². The third kappa shape index (κ3) is 3.84. The first-order valence-electron chi connectivity index (χ1n) is 5.79. The van der Waals surface area contributed by atoms with Gasteiger partial charge < -0.3 is 5.32 Å². The maximum Gasteiger partial charge on any atom is 0.224 e. The number of hydrogen-bond donors (Lipinski definition) is 1. The first-order valence-corrected chi connectivity index (χ1v) is 5.79. The van der Waals surface area contributed by atoms with Crippen molar-refractivity contribution < 1.29 is 13.6 Å². The Morgan fingerprint density at radius 3 is 2.84 bits per heavy atom. The van der Waals surface area contributed by atoms with Crippen LogP contribution in [-0.2, 0) is 11.2 Å². The van der Waals surface area contributed by atoms with Gasteiger partial charge >= 0.3 is 0 Å².